The van der Waals surface area contributed by atoms with Gasteiger partial charge >= 0.3 is 5.69 Å². The molecular weight excluding hydrogens is 435 g/mol. The number of likely N-dealkylation sites (N-methyl/N-ethyl adjacent to an activating group) is 1. The summed E-state index contributed by atoms with van der Waals surface area (Å²) < 4.78 is 14.5. The van der Waals surface area contributed by atoms with Gasteiger partial charge in [0.2, 0.25) is 5.91 Å². The van der Waals surface area contributed by atoms with Crippen molar-refractivity contribution in [3.8, 4) is 0 Å². The molecule has 0 spiro atoms. The summed E-state index contributed by atoms with van der Waals surface area (Å²) >= 11 is 0. The summed E-state index contributed by atoms with van der Waals surface area (Å²) in [6.45, 7) is 1.53. The highest BCUT2D eigenvalue weighted by molar-refractivity contribution is 5.96. The number of anilines is 3. The summed E-state index contributed by atoms with van der Waals surface area (Å²) in [6.07, 6.45) is 0. The Hall–Kier alpha value is -4.48. The van der Waals surface area contributed by atoms with Gasteiger partial charge in [0.25, 0.3) is 11.2 Å². The monoisotopic (exact) mass is 456 g/mol. The minimum absolute atomic E-state index is 0.0863. The summed E-state index contributed by atoms with van der Waals surface area (Å²) in [5, 5.41) is 13.5. The zero-order chi connectivity index (χ0) is 24.1. The lowest BCUT2D eigenvalue weighted by Gasteiger charge is -2.24. The van der Waals surface area contributed by atoms with Crippen molar-refractivity contribution in [1.82, 2.24) is 9.55 Å². The molecule has 0 fully saturated rings. The maximum atomic E-state index is 13.3. The van der Waals surface area contributed by atoms with Crippen LogP contribution in [0.25, 0.3) is 0 Å². The van der Waals surface area contributed by atoms with Crippen LogP contribution in [0.4, 0.5) is 27.3 Å². The normalized spacial score (nSPS) is 10.6. The van der Waals surface area contributed by atoms with Gasteiger partial charge in [0.1, 0.15) is 23.0 Å². The summed E-state index contributed by atoms with van der Waals surface area (Å²) in [5.41, 5.74) is 4.56. The second-order valence-electron chi connectivity index (χ2n) is 7.05. The molecule has 3 aromatic rings. The highest BCUT2D eigenvalue weighted by Gasteiger charge is 2.22. The van der Waals surface area contributed by atoms with Crippen LogP contribution in [0.1, 0.15) is 12.5 Å². The predicted molar refractivity (Wildman–Crippen MR) is 121 cm³/mol. The van der Waals surface area contributed by atoms with Gasteiger partial charge in [-0.3, -0.25) is 29.3 Å². The molecule has 3 rings (SSSR count). The number of hydrogen-bond donors (Lipinski definition) is 3. The van der Waals surface area contributed by atoms with Gasteiger partial charge in [-0.1, -0.05) is 30.3 Å². The number of benzene rings is 2. The van der Waals surface area contributed by atoms with Crippen LogP contribution in [0.3, 0.4) is 0 Å². The number of aromatic nitrogens is 2. The van der Waals surface area contributed by atoms with Crippen molar-refractivity contribution in [1.29, 1.82) is 0 Å². The summed E-state index contributed by atoms with van der Waals surface area (Å²) in [6, 6.07) is 11.7. The predicted octanol–water partition coefficient (Wildman–Crippen LogP) is 1.68. The minimum Gasteiger partial charge on any atom is -0.383 e. The summed E-state index contributed by atoms with van der Waals surface area (Å²) in [7, 11) is 0. The number of nitrogen functional groups attached to an aromatic ring is 1. The van der Waals surface area contributed by atoms with E-state index in [9.17, 15) is 28.9 Å². The highest BCUT2D eigenvalue weighted by Crippen LogP contribution is 2.25. The second-order valence-corrected chi connectivity index (χ2v) is 7.05. The van der Waals surface area contributed by atoms with Gasteiger partial charge in [-0.05, 0) is 24.6 Å². The number of hydrogen-bond acceptors (Lipinski definition) is 7. The van der Waals surface area contributed by atoms with Gasteiger partial charge < -0.3 is 16.0 Å². The third-order valence-electron chi connectivity index (χ3n) is 4.86. The molecule has 0 unspecified atom stereocenters. The number of nitrogens with zero attached hydrogens (tertiary/aromatic N) is 3. The summed E-state index contributed by atoms with van der Waals surface area (Å²) in [5.74, 6) is -1.66. The standard InChI is InChI=1S/C21H21FN6O5/c1-2-26(12-17(29)24-15-9-8-14(22)10-16(15)28(32)33)18-19(23)27(21(31)25-20(18)30)11-13-6-4-3-5-7-13/h3-10H,2,11-12,23H2,1H3,(H,24,29)(H,25,30,31). The van der Waals surface area contributed by atoms with Crippen molar-refractivity contribution in [2.45, 2.75) is 13.5 Å². The van der Waals surface area contributed by atoms with E-state index in [2.05, 4.69) is 10.3 Å². The van der Waals surface area contributed by atoms with Crippen LogP contribution in [-0.2, 0) is 11.3 Å². The Morgan fingerprint density at radius 2 is 1.94 bits per heavy atom. The lowest BCUT2D eigenvalue weighted by Crippen LogP contribution is -2.41. The third kappa shape index (κ3) is 5.23. The van der Waals surface area contributed by atoms with E-state index < -0.39 is 40.1 Å². The molecule has 12 heteroatoms. The SMILES string of the molecule is CCN(CC(=O)Nc1ccc(F)cc1[N+](=O)[O-])c1c(N)n(Cc2ccccc2)c(=O)[nH]c1=O. The molecule has 33 heavy (non-hydrogen) atoms. The van der Waals surface area contributed by atoms with E-state index in [0.29, 0.717) is 6.07 Å². The third-order valence-corrected chi connectivity index (χ3v) is 4.86. The lowest BCUT2D eigenvalue weighted by molar-refractivity contribution is -0.384. The Morgan fingerprint density at radius 3 is 2.58 bits per heavy atom. The fourth-order valence-electron chi connectivity index (χ4n) is 3.28. The molecule has 0 bridgehead atoms. The molecule has 0 saturated heterocycles. The van der Waals surface area contributed by atoms with Crippen molar-refractivity contribution in [3.05, 3.63) is 90.9 Å². The highest BCUT2D eigenvalue weighted by atomic mass is 19.1. The van der Waals surface area contributed by atoms with Crippen LogP contribution in [-0.4, -0.2) is 33.5 Å². The molecule has 2 aromatic carbocycles. The van der Waals surface area contributed by atoms with Crippen LogP contribution in [0.2, 0.25) is 0 Å². The number of nitro groups is 1. The first-order valence-electron chi connectivity index (χ1n) is 9.86. The quantitative estimate of drug-likeness (QED) is 0.344. The van der Waals surface area contributed by atoms with E-state index in [4.69, 9.17) is 5.73 Å². The largest absolute Gasteiger partial charge is 0.383 e. The Bertz CT molecular complexity index is 1300. The topological polar surface area (TPSA) is 156 Å². The fourth-order valence-corrected chi connectivity index (χ4v) is 3.28. The van der Waals surface area contributed by atoms with Crippen molar-refractivity contribution < 1.29 is 14.1 Å². The van der Waals surface area contributed by atoms with E-state index in [1.807, 2.05) is 6.07 Å². The van der Waals surface area contributed by atoms with Gasteiger partial charge in [-0.15, -0.1) is 0 Å². The molecule has 0 aliphatic carbocycles. The Morgan fingerprint density at radius 1 is 1.24 bits per heavy atom. The van der Waals surface area contributed by atoms with Crippen LogP contribution >= 0.6 is 0 Å². The molecule has 0 saturated carbocycles. The first kappa shape index (κ1) is 23.2. The number of aromatic amines is 1. The van der Waals surface area contributed by atoms with Crippen LogP contribution < -0.4 is 27.2 Å². The van der Waals surface area contributed by atoms with Crippen molar-refractivity contribution in [2.75, 3.05) is 29.0 Å². The number of nitro benzene ring substituents is 1. The van der Waals surface area contributed by atoms with Gasteiger partial charge in [0, 0.05) is 6.54 Å². The van der Waals surface area contributed by atoms with E-state index in [0.717, 1.165) is 17.7 Å². The number of carbonyl (C=O) groups is 1. The lowest BCUT2D eigenvalue weighted by atomic mass is 10.2. The molecule has 1 amide bonds. The molecule has 172 valence electrons. The Balaban J connectivity index is 1.90. The van der Waals surface area contributed by atoms with Crippen LogP contribution in [0.15, 0.2) is 58.1 Å². The molecule has 0 aliphatic heterocycles. The molecule has 1 heterocycles. The minimum atomic E-state index is -0.824. The van der Waals surface area contributed by atoms with Gasteiger partial charge in [-0.2, -0.15) is 0 Å². The summed E-state index contributed by atoms with van der Waals surface area (Å²) in [4.78, 5) is 51.3. The number of rotatable bonds is 8. The van der Waals surface area contributed by atoms with Crippen LogP contribution in [0.5, 0.6) is 0 Å². The number of carbonyl (C=O) groups excluding carboxylic acids is 1. The number of H-pyrrole nitrogens is 1. The number of halogens is 1. The average molecular weight is 456 g/mol. The molecule has 4 N–H and O–H groups in total. The zero-order valence-electron chi connectivity index (χ0n) is 17.6. The molecule has 1 aromatic heterocycles. The van der Waals surface area contributed by atoms with Crippen molar-refractivity contribution in [3.63, 3.8) is 0 Å². The first-order valence-corrected chi connectivity index (χ1v) is 9.86. The fraction of sp³-hybridized carbons (Fsp3) is 0.190. The average Bonchev–Trinajstić information content (AvgIpc) is 2.77. The Labute approximate surface area is 186 Å². The number of nitrogens with two attached hydrogens (primary N) is 1. The molecule has 0 atom stereocenters. The second kappa shape index (κ2) is 9.77. The molecule has 0 aliphatic rings. The van der Waals surface area contributed by atoms with Gasteiger partial charge in [0.15, 0.2) is 0 Å². The van der Waals surface area contributed by atoms with E-state index >= 15 is 0 Å². The smallest absolute Gasteiger partial charge is 0.330 e. The van der Waals surface area contributed by atoms with Crippen molar-refractivity contribution in [2.24, 2.45) is 0 Å². The molecule has 11 nitrogen and oxygen atoms in total. The molecule has 0 radical (unpaired) electrons. The first-order chi connectivity index (χ1) is 15.7. The van der Waals surface area contributed by atoms with E-state index in [1.54, 1.807) is 31.2 Å². The van der Waals surface area contributed by atoms with Crippen molar-refractivity contribution >= 4 is 28.8 Å². The maximum absolute atomic E-state index is 13.3. The maximum Gasteiger partial charge on any atom is 0.330 e. The van der Waals surface area contributed by atoms with E-state index in [1.165, 1.54) is 9.47 Å². The number of nitrogens with one attached hydrogen (secondary N) is 2. The number of amides is 1. The zero-order valence-corrected chi connectivity index (χ0v) is 17.6. The molecular formula is C21H21FN6O5. The van der Waals surface area contributed by atoms with Crippen LogP contribution in [0, 0.1) is 15.9 Å². The van der Waals surface area contributed by atoms with Gasteiger partial charge in [-0.25, -0.2) is 9.18 Å². The van der Waals surface area contributed by atoms with Gasteiger partial charge in [0.05, 0.1) is 24.1 Å². The Kier molecular flexibility index (Phi) is 6.86. The van der Waals surface area contributed by atoms with E-state index in [-0.39, 0.29) is 30.3 Å².